The van der Waals surface area contributed by atoms with E-state index >= 15 is 0 Å². The van der Waals surface area contributed by atoms with Gasteiger partial charge in [0, 0.05) is 46.9 Å². The molecule has 2 aromatic carbocycles. The van der Waals surface area contributed by atoms with Crippen molar-refractivity contribution in [3.63, 3.8) is 0 Å². The topological polar surface area (TPSA) is 89.4 Å². The molecular formula is C31H38ClN3O4. The summed E-state index contributed by atoms with van der Waals surface area (Å²) in [5, 5.41) is 7.03. The second-order valence-corrected chi connectivity index (χ2v) is 11.8. The zero-order chi connectivity index (χ0) is 28.0. The molecule has 1 fully saturated rings. The average molecular weight is 552 g/mol. The molecule has 0 atom stereocenters. The van der Waals surface area contributed by atoms with Gasteiger partial charge in [0.1, 0.15) is 5.60 Å². The highest BCUT2D eigenvalue weighted by molar-refractivity contribution is 6.31. The van der Waals surface area contributed by atoms with Crippen LogP contribution in [0.25, 0.3) is 16.6 Å². The Morgan fingerprint density at radius 2 is 1.77 bits per heavy atom. The summed E-state index contributed by atoms with van der Waals surface area (Å²) in [4.78, 5) is 37.8. The van der Waals surface area contributed by atoms with E-state index in [4.69, 9.17) is 16.3 Å². The van der Waals surface area contributed by atoms with Gasteiger partial charge in [0.25, 0.3) is 0 Å². The predicted molar refractivity (Wildman–Crippen MR) is 155 cm³/mol. The third-order valence-corrected chi connectivity index (χ3v) is 7.37. The van der Waals surface area contributed by atoms with E-state index in [1.54, 1.807) is 24.4 Å². The van der Waals surface area contributed by atoms with Crippen LogP contribution < -0.4 is 16.1 Å². The van der Waals surface area contributed by atoms with Crippen LogP contribution in [0.1, 0.15) is 71.3 Å². The molecule has 39 heavy (non-hydrogen) atoms. The number of fused-ring (bicyclic) bond motifs is 1. The van der Waals surface area contributed by atoms with E-state index in [1.807, 2.05) is 55.7 Å². The number of nitrogens with zero attached hydrogens (tertiary/aromatic N) is 1. The Morgan fingerprint density at radius 1 is 1.05 bits per heavy atom. The van der Waals surface area contributed by atoms with Gasteiger partial charge >= 0.3 is 6.09 Å². The highest BCUT2D eigenvalue weighted by Gasteiger charge is 2.24. The molecule has 4 rings (SSSR count). The van der Waals surface area contributed by atoms with Gasteiger partial charge in [-0.2, -0.15) is 0 Å². The molecule has 2 N–H and O–H groups in total. The zero-order valence-corrected chi connectivity index (χ0v) is 23.7. The molecule has 1 heterocycles. The van der Waals surface area contributed by atoms with E-state index in [2.05, 4.69) is 10.6 Å². The fourth-order valence-electron chi connectivity index (χ4n) is 5.18. The normalized spacial score (nSPS) is 17.5. The number of benzene rings is 2. The molecule has 0 unspecified atom stereocenters. The second-order valence-electron chi connectivity index (χ2n) is 11.4. The Labute approximate surface area is 234 Å². The number of aromatic nitrogens is 1. The molecule has 0 radical (unpaired) electrons. The van der Waals surface area contributed by atoms with Crippen LogP contribution in [-0.4, -0.2) is 28.2 Å². The SMILES string of the molecule is CC(C)(C)OC(=O)NC1CCC(CCCC(=O)NCc2cn(-c3ccccc3)c3cc(Cl)ccc3c2=O)CC1. The van der Waals surface area contributed by atoms with E-state index in [0.717, 1.165) is 49.7 Å². The van der Waals surface area contributed by atoms with Crippen molar-refractivity contribution in [3.05, 3.63) is 75.5 Å². The maximum Gasteiger partial charge on any atom is 0.407 e. The monoisotopic (exact) mass is 551 g/mol. The first-order valence-corrected chi connectivity index (χ1v) is 14.1. The number of rotatable bonds is 8. The minimum atomic E-state index is -0.497. The van der Waals surface area contributed by atoms with Crippen molar-refractivity contribution in [1.29, 1.82) is 0 Å². The smallest absolute Gasteiger partial charge is 0.407 e. The minimum absolute atomic E-state index is 0.0582. The molecule has 0 saturated heterocycles. The van der Waals surface area contributed by atoms with Crippen LogP contribution in [0, 0.1) is 5.92 Å². The molecule has 1 aliphatic carbocycles. The van der Waals surface area contributed by atoms with Crippen LogP contribution in [0.15, 0.2) is 59.5 Å². The van der Waals surface area contributed by atoms with E-state index in [1.165, 1.54) is 0 Å². The zero-order valence-electron chi connectivity index (χ0n) is 23.0. The number of carbonyl (C=O) groups is 2. The maximum atomic E-state index is 13.2. The molecule has 0 bridgehead atoms. The minimum Gasteiger partial charge on any atom is -0.444 e. The lowest BCUT2D eigenvalue weighted by Gasteiger charge is -2.30. The van der Waals surface area contributed by atoms with E-state index < -0.39 is 5.60 Å². The Hall–Kier alpha value is -3.32. The first-order valence-electron chi connectivity index (χ1n) is 13.7. The van der Waals surface area contributed by atoms with E-state index in [-0.39, 0.29) is 30.0 Å². The van der Waals surface area contributed by atoms with Crippen molar-refractivity contribution in [3.8, 4) is 5.69 Å². The van der Waals surface area contributed by atoms with Gasteiger partial charge in [-0.25, -0.2) is 4.79 Å². The van der Waals surface area contributed by atoms with Crippen molar-refractivity contribution in [2.45, 2.75) is 83.9 Å². The summed E-state index contributed by atoms with van der Waals surface area (Å²) in [5.41, 5.74) is 1.56. The van der Waals surface area contributed by atoms with Crippen molar-refractivity contribution in [2.75, 3.05) is 0 Å². The lowest BCUT2D eigenvalue weighted by Crippen LogP contribution is -2.40. The molecule has 1 aromatic heterocycles. The molecule has 208 valence electrons. The summed E-state index contributed by atoms with van der Waals surface area (Å²) in [6, 6.07) is 15.1. The number of hydrogen-bond donors (Lipinski definition) is 2. The van der Waals surface area contributed by atoms with Crippen molar-refractivity contribution in [1.82, 2.24) is 15.2 Å². The standard InChI is InChI=1S/C31H38ClN3O4/c1-31(2,3)39-30(38)34-24-15-12-21(13-16-24)8-7-11-28(36)33-19-22-20-35(25-9-5-4-6-10-25)27-18-23(32)14-17-26(27)29(22)37/h4-6,9-10,14,17-18,20-21,24H,7-8,11-13,15-16,19H2,1-3H3,(H,33,36)(H,34,38). The fraction of sp³-hybridized carbons (Fsp3) is 0.452. The van der Waals surface area contributed by atoms with Crippen molar-refractivity contribution < 1.29 is 14.3 Å². The van der Waals surface area contributed by atoms with Gasteiger partial charge in [0.2, 0.25) is 5.91 Å². The predicted octanol–water partition coefficient (Wildman–Crippen LogP) is 6.51. The van der Waals surface area contributed by atoms with Crippen LogP contribution >= 0.6 is 11.6 Å². The van der Waals surface area contributed by atoms with Gasteiger partial charge in [-0.15, -0.1) is 0 Å². The number of hydrogen-bond acceptors (Lipinski definition) is 4. The lowest BCUT2D eigenvalue weighted by atomic mass is 9.83. The molecule has 0 spiro atoms. The summed E-state index contributed by atoms with van der Waals surface area (Å²) in [6.45, 7) is 5.75. The highest BCUT2D eigenvalue weighted by atomic mass is 35.5. The van der Waals surface area contributed by atoms with Gasteiger partial charge < -0.3 is 19.9 Å². The largest absolute Gasteiger partial charge is 0.444 e. The number of halogens is 1. The molecular weight excluding hydrogens is 514 g/mol. The Kier molecular flexibility index (Phi) is 9.33. The summed E-state index contributed by atoms with van der Waals surface area (Å²) in [6.07, 6.45) is 7.55. The fourth-order valence-corrected chi connectivity index (χ4v) is 5.35. The summed E-state index contributed by atoms with van der Waals surface area (Å²) >= 11 is 6.23. The molecule has 1 aliphatic rings. The van der Waals surface area contributed by atoms with E-state index in [9.17, 15) is 14.4 Å². The summed E-state index contributed by atoms with van der Waals surface area (Å²) < 4.78 is 7.30. The second kappa shape index (κ2) is 12.7. The first kappa shape index (κ1) is 28.7. The summed E-state index contributed by atoms with van der Waals surface area (Å²) in [5.74, 6) is 0.497. The number of pyridine rings is 1. The van der Waals surface area contributed by atoms with Gasteiger partial charge in [0.15, 0.2) is 5.43 Å². The molecule has 7 nitrogen and oxygen atoms in total. The van der Waals surface area contributed by atoms with Gasteiger partial charge in [0.05, 0.1) is 5.52 Å². The van der Waals surface area contributed by atoms with Crippen LogP contribution in [-0.2, 0) is 16.1 Å². The third-order valence-electron chi connectivity index (χ3n) is 7.13. The molecule has 8 heteroatoms. The lowest BCUT2D eigenvalue weighted by molar-refractivity contribution is -0.121. The average Bonchev–Trinajstić information content (AvgIpc) is 2.88. The summed E-state index contributed by atoms with van der Waals surface area (Å²) in [7, 11) is 0. The highest BCUT2D eigenvalue weighted by Crippen LogP contribution is 2.28. The number of para-hydroxylation sites is 1. The maximum absolute atomic E-state index is 13.2. The Morgan fingerprint density at radius 3 is 2.46 bits per heavy atom. The number of nitrogens with one attached hydrogen (secondary N) is 2. The molecule has 2 amide bonds. The Bertz CT molecular complexity index is 1360. The Balaban J connectivity index is 1.27. The molecule has 1 saturated carbocycles. The number of ether oxygens (including phenoxy) is 1. The number of amides is 2. The first-order chi connectivity index (χ1) is 18.6. The molecule has 0 aliphatic heterocycles. The third kappa shape index (κ3) is 8.09. The van der Waals surface area contributed by atoms with Gasteiger partial charge in [-0.1, -0.05) is 29.8 Å². The van der Waals surface area contributed by atoms with Crippen molar-refractivity contribution in [2.24, 2.45) is 5.92 Å². The van der Waals surface area contributed by atoms with Crippen LogP contribution in [0.3, 0.4) is 0 Å². The quantitative estimate of drug-likeness (QED) is 0.334. The molecule has 3 aromatic rings. The van der Waals surface area contributed by atoms with Crippen LogP contribution in [0.4, 0.5) is 4.79 Å². The van der Waals surface area contributed by atoms with E-state index in [0.29, 0.717) is 28.3 Å². The number of carbonyl (C=O) groups excluding carboxylic acids is 2. The number of alkyl carbamates (subject to hydrolysis) is 1. The van der Waals surface area contributed by atoms with Gasteiger partial charge in [-0.05, 0) is 95.5 Å². The van der Waals surface area contributed by atoms with Crippen LogP contribution in [0.2, 0.25) is 5.02 Å². The van der Waals surface area contributed by atoms with Crippen LogP contribution in [0.5, 0.6) is 0 Å². The van der Waals surface area contributed by atoms with Gasteiger partial charge in [-0.3, -0.25) is 9.59 Å². The van der Waals surface area contributed by atoms with Crippen molar-refractivity contribution >= 4 is 34.5 Å².